The first-order valence-corrected chi connectivity index (χ1v) is 9.59. The summed E-state index contributed by atoms with van der Waals surface area (Å²) in [7, 11) is 3.94. The topological polar surface area (TPSA) is 95.9 Å². The van der Waals surface area contributed by atoms with Gasteiger partial charge in [0, 0.05) is 32.2 Å². The number of carbonyl (C=O) groups excluding carboxylic acids is 1. The van der Waals surface area contributed by atoms with Crippen molar-refractivity contribution in [3.63, 3.8) is 0 Å². The van der Waals surface area contributed by atoms with Crippen molar-refractivity contribution in [1.82, 2.24) is 24.9 Å². The van der Waals surface area contributed by atoms with Gasteiger partial charge in [0.2, 0.25) is 0 Å². The van der Waals surface area contributed by atoms with Gasteiger partial charge >= 0.3 is 0 Å². The van der Waals surface area contributed by atoms with Gasteiger partial charge in [0.15, 0.2) is 0 Å². The monoisotopic (exact) mass is 375 g/mol. The molecular formula is C17H25N7OS. The van der Waals surface area contributed by atoms with Gasteiger partial charge in [0.25, 0.3) is 5.91 Å². The van der Waals surface area contributed by atoms with Gasteiger partial charge in [0.1, 0.15) is 22.3 Å². The number of carbonyl (C=O) groups is 1. The first-order valence-electron chi connectivity index (χ1n) is 8.81. The number of amides is 1. The molecule has 9 heteroatoms. The Morgan fingerprint density at radius 3 is 2.46 bits per heavy atom. The number of anilines is 2. The highest BCUT2D eigenvalue weighted by atomic mass is 32.1. The number of aryl methyl sites for hydroxylation is 2. The van der Waals surface area contributed by atoms with Gasteiger partial charge in [-0.2, -0.15) is 0 Å². The van der Waals surface area contributed by atoms with Crippen molar-refractivity contribution in [2.75, 3.05) is 24.3 Å². The molecule has 0 bridgehead atoms. The van der Waals surface area contributed by atoms with Crippen LogP contribution < -0.4 is 15.5 Å². The molecule has 0 aromatic carbocycles. The summed E-state index contributed by atoms with van der Waals surface area (Å²) < 4.78 is 3.83. The summed E-state index contributed by atoms with van der Waals surface area (Å²) in [6.07, 6.45) is 3.87. The zero-order valence-electron chi connectivity index (χ0n) is 15.6. The van der Waals surface area contributed by atoms with Crippen molar-refractivity contribution in [2.45, 2.75) is 51.6 Å². The number of rotatable bonds is 5. The highest BCUT2D eigenvalue weighted by Gasteiger charge is 2.24. The molecule has 26 heavy (non-hydrogen) atoms. The van der Waals surface area contributed by atoms with E-state index in [0.717, 1.165) is 54.7 Å². The Morgan fingerprint density at radius 2 is 1.85 bits per heavy atom. The average Bonchev–Trinajstić information content (AvgIpc) is 3.02. The van der Waals surface area contributed by atoms with E-state index in [0.29, 0.717) is 16.6 Å². The van der Waals surface area contributed by atoms with Crippen LogP contribution in [0.1, 0.15) is 46.9 Å². The Kier molecular flexibility index (Phi) is 5.65. The van der Waals surface area contributed by atoms with Crippen LogP contribution in [0.2, 0.25) is 0 Å². The van der Waals surface area contributed by atoms with Gasteiger partial charge in [-0.1, -0.05) is 4.49 Å². The maximum absolute atomic E-state index is 12.3. The molecule has 2 heterocycles. The summed E-state index contributed by atoms with van der Waals surface area (Å²) in [5, 5.41) is 10.5. The summed E-state index contributed by atoms with van der Waals surface area (Å²) in [6.45, 7) is 3.71. The highest BCUT2D eigenvalue weighted by molar-refractivity contribution is 7.08. The van der Waals surface area contributed by atoms with E-state index >= 15 is 0 Å². The Bertz CT molecular complexity index is 768. The largest absolute Gasteiger partial charge is 0.367 e. The zero-order chi connectivity index (χ0) is 18.7. The summed E-state index contributed by atoms with van der Waals surface area (Å²) in [4.78, 5) is 23.8. The Labute approximate surface area is 157 Å². The summed E-state index contributed by atoms with van der Waals surface area (Å²) in [5.74, 6) is 2.46. The second-order valence-electron chi connectivity index (χ2n) is 6.91. The molecule has 1 saturated carbocycles. The summed E-state index contributed by atoms with van der Waals surface area (Å²) >= 11 is 1.15. The maximum Gasteiger partial charge on any atom is 0.265 e. The first-order chi connectivity index (χ1) is 12.4. The molecule has 1 aliphatic carbocycles. The molecular weight excluding hydrogens is 350 g/mol. The highest BCUT2D eigenvalue weighted by Crippen LogP contribution is 2.23. The van der Waals surface area contributed by atoms with Crippen LogP contribution in [0.15, 0.2) is 6.07 Å². The van der Waals surface area contributed by atoms with E-state index in [2.05, 4.69) is 30.2 Å². The van der Waals surface area contributed by atoms with E-state index in [4.69, 9.17) is 0 Å². The van der Waals surface area contributed by atoms with Crippen LogP contribution in [0.5, 0.6) is 0 Å². The second-order valence-corrected chi connectivity index (χ2v) is 7.66. The molecule has 0 unspecified atom stereocenters. The van der Waals surface area contributed by atoms with Crippen molar-refractivity contribution in [2.24, 2.45) is 0 Å². The standard InChI is InChI=1S/C17H25N7OS/c1-10-16(26-23-22-10)17(25)21-13-7-5-12(6-8-13)20-14-9-15(24(3)4)19-11(2)18-14/h9,12-13H,5-8H2,1-4H3,(H,21,25)(H,18,19,20). The number of nitrogens with one attached hydrogen (secondary N) is 2. The minimum atomic E-state index is -0.0593. The fraction of sp³-hybridized carbons (Fsp3) is 0.588. The SMILES string of the molecule is Cc1nc(NC2CCC(NC(=O)c3snnc3C)CC2)cc(N(C)C)n1. The van der Waals surface area contributed by atoms with E-state index in [1.807, 2.05) is 38.9 Å². The smallest absolute Gasteiger partial charge is 0.265 e. The van der Waals surface area contributed by atoms with E-state index in [1.165, 1.54) is 0 Å². The minimum absolute atomic E-state index is 0.0593. The molecule has 2 aromatic rings. The van der Waals surface area contributed by atoms with Crippen LogP contribution in [0.25, 0.3) is 0 Å². The number of nitrogens with zero attached hydrogens (tertiary/aromatic N) is 5. The van der Waals surface area contributed by atoms with Crippen LogP contribution in [-0.2, 0) is 0 Å². The molecule has 8 nitrogen and oxygen atoms in total. The maximum atomic E-state index is 12.3. The van der Waals surface area contributed by atoms with Crippen molar-refractivity contribution in [1.29, 1.82) is 0 Å². The number of hydrogen-bond acceptors (Lipinski definition) is 8. The third-order valence-electron chi connectivity index (χ3n) is 4.55. The molecule has 2 aromatic heterocycles. The molecule has 3 rings (SSSR count). The number of hydrogen-bond donors (Lipinski definition) is 2. The Balaban J connectivity index is 1.53. The second kappa shape index (κ2) is 7.94. The summed E-state index contributed by atoms with van der Waals surface area (Å²) in [5.41, 5.74) is 0.693. The molecule has 2 N–H and O–H groups in total. The minimum Gasteiger partial charge on any atom is -0.367 e. The van der Waals surface area contributed by atoms with Crippen molar-refractivity contribution in [3.05, 3.63) is 22.5 Å². The van der Waals surface area contributed by atoms with E-state index in [1.54, 1.807) is 0 Å². The molecule has 0 atom stereocenters. The van der Waals surface area contributed by atoms with E-state index in [9.17, 15) is 4.79 Å². The lowest BCUT2D eigenvalue weighted by Gasteiger charge is -2.30. The van der Waals surface area contributed by atoms with Gasteiger partial charge in [-0.25, -0.2) is 9.97 Å². The Morgan fingerprint density at radius 1 is 1.15 bits per heavy atom. The zero-order valence-corrected chi connectivity index (χ0v) is 16.4. The third kappa shape index (κ3) is 4.46. The third-order valence-corrected chi connectivity index (χ3v) is 5.38. The number of aromatic nitrogens is 4. The van der Waals surface area contributed by atoms with Gasteiger partial charge in [-0.3, -0.25) is 4.79 Å². The van der Waals surface area contributed by atoms with Gasteiger partial charge in [-0.05, 0) is 51.1 Å². The summed E-state index contributed by atoms with van der Waals surface area (Å²) in [6, 6.07) is 2.53. The molecule has 0 spiro atoms. The van der Waals surface area contributed by atoms with Crippen LogP contribution >= 0.6 is 11.5 Å². The lowest BCUT2D eigenvalue weighted by Crippen LogP contribution is -2.40. The first kappa shape index (κ1) is 18.5. The normalized spacial score (nSPS) is 19.8. The molecule has 140 valence electrons. The molecule has 1 amide bonds. The van der Waals surface area contributed by atoms with Crippen LogP contribution in [-0.4, -0.2) is 51.6 Å². The average molecular weight is 376 g/mol. The van der Waals surface area contributed by atoms with Crippen molar-refractivity contribution < 1.29 is 4.79 Å². The van der Waals surface area contributed by atoms with E-state index in [-0.39, 0.29) is 11.9 Å². The van der Waals surface area contributed by atoms with E-state index < -0.39 is 0 Å². The van der Waals surface area contributed by atoms with Gasteiger partial charge < -0.3 is 15.5 Å². The lowest BCUT2D eigenvalue weighted by molar-refractivity contribution is 0.0930. The Hall–Kier alpha value is -2.29. The quantitative estimate of drug-likeness (QED) is 0.827. The fourth-order valence-electron chi connectivity index (χ4n) is 3.14. The molecule has 1 fully saturated rings. The fourth-order valence-corrected chi connectivity index (χ4v) is 3.70. The van der Waals surface area contributed by atoms with Crippen LogP contribution in [0, 0.1) is 13.8 Å². The molecule has 1 aliphatic rings. The van der Waals surface area contributed by atoms with Gasteiger partial charge in [0.05, 0.1) is 5.69 Å². The lowest BCUT2D eigenvalue weighted by atomic mass is 9.91. The predicted octanol–water partition coefficient (Wildman–Crippen LogP) is 2.16. The van der Waals surface area contributed by atoms with Crippen LogP contribution in [0.4, 0.5) is 11.6 Å². The van der Waals surface area contributed by atoms with Gasteiger partial charge in [-0.15, -0.1) is 5.10 Å². The van der Waals surface area contributed by atoms with Crippen molar-refractivity contribution in [3.8, 4) is 0 Å². The predicted molar refractivity (Wildman–Crippen MR) is 103 cm³/mol. The molecule has 0 saturated heterocycles. The molecule has 0 aliphatic heterocycles. The van der Waals surface area contributed by atoms with Crippen molar-refractivity contribution >= 4 is 29.1 Å². The van der Waals surface area contributed by atoms with Crippen LogP contribution in [0.3, 0.4) is 0 Å². The molecule has 0 radical (unpaired) electrons.